The summed E-state index contributed by atoms with van der Waals surface area (Å²) in [6.45, 7) is 2.11. The van der Waals surface area contributed by atoms with Crippen LogP contribution in [0.5, 0.6) is 0 Å². The number of hydrogen-bond donors (Lipinski definition) is 2. The van der Waals surface area contributed by atoms with Crippen molar-refractivity contribution in [1.29, 1.82) is 0 Å². The van der Waals surface area contributed by atoms with Crippen LogP contribution in [0.15, 0.2) is 5.38 Å². The largest absolute Gasteiger partial charge is 0.480 e. The van der Waals surface area contributed by atoms with Gasteiger partial charge in [-0.05, 0) is 12.8 Å². The molecule has 1 heterocycles. The average Bonchev–Trinajstić information content (AvgIpc) is 2.76. The summed E-state index contributed by atoms with van der Waals surface area (Å²) in [5, 5.41) is 14.2. The average molecular weight is 288 g/mol. The lowest BCUT2D eigenvalue weighted by atomic mass is 10.3. The maximum Gasteiger partial charge on any atom is 0.327 e. The molecular weight excluding hydrogens is 272 g/mol. The van der Waals surface area contributed by atoms with Gasteiger partial charge in [-0.1, -0.05) is 6.92 Å². The van der Waals surface area contributed by atoms with Gasteiger partial charge in [0.2, 0.25) is 6.41 Å². The smallest absolute Gasteiger partial charge is 0.327 e. The minimum Gasteiger partial charge on any atom is -0.480 e. The summed E-state index contributed by atoms with van der Waals surface area (Å²) in [6, 6.07) is -0.832. The molecule has 0 radical (unpaired) electrons. The molecule has 1 aromatic heterocycles. The van der Waals surface area contributed by atoms with E-state index in [2.05, 4.69) is 17.2 Å². The number of carbonyl (C=O) groups excluding carboxylic acids is 1. The number of nitrogens with zero attached hydrogens (tertiary/aromatic N) is 1. The van der Waals surface area contributed by atoms with Crippen molar-refractivity contribution in [3.05, 3.63) is 16.1 Å². The fourth-order valence-corrected chi connectivity index (χ4v) is 3.25. The lowest BCUT2D eigenvalue weighted by Gasteiger charge is -2.09. The molecule has 0 saturated carbocycles. The zero-order chi connectivity index (χ0) is 13.4. The zero-order valence-corrected chi connectivity index (χ0v) is 11.7. The van der Waals surface area contributed by atoms with E-state index >= 15 is 0 Å². The topological polar surface area (TPSA) is 79.3 Å². The SMILES string of the molecule is CCCc1nc(CSCC(NC=O)C(=O)O)cs1. The van der Waals surface area contributed by atoms with Crippen LogP contribution < -0.4 is 5.32 Å². The van der Waals surface area contributed by atoms with Crippen LogP contribution in [0.1, 0.15) is 24.0 Å². The van der Waals surface area contributed by atoms with E-state index in [-0.39, 0.29) is 0 Å². The highest BCUT2D eigenvalue weighted by atomic mass is 32.2. The predicted octanol–water partition coefficient (Wildman–Crippen LogP) is 1.53. The van der Waals surface area contributed by atoms with Crippen LogP contribution in [0.2, 0.25) is 0 Å². The van der Waals surface area contributed by atoms with E-state index in [1.807, 2.05) is 5.38 Å². The normalized spacial score (nSPS) is 12.1. The molecule has 1 aromatic rings. The van der Waals surface area contributed by atoms with Gasteiger partial charge < -0.3 is 10.4 Å². The summed E-state index contributed by atoms with van der Waals surface area (Å²) in [5.74, 6) is -0.00117. The first kappa shape index (κ1) is 15.0. The number of thioether (sulfide) groups is 1. The Labute approximate surface area is 114 Å². The van der Waals surface area contributed by atoms with Crippen molar-refractivity contribution in [2.24, 2.45) is 0 Å². The number of carbonyl (C=O) groups is 2. The molecule has 0 bridgehead atoms. The van der Waals surface area contributed by atoms with Gasteiger partial charge in [-0.2, -0.15) is 11.8 Å². The van der Waals surface area contributed by atoms with Crippen LogP contribution in [-0.2, 0) is 21.8 Å². The second kappa shape index (κ2) is 8.10. The van der Waals surface area contributed by atoms with Gasteiger partial charge in [-0.3, -0.25) is 4.79 Å². The third kappa shape index (κ3) is 5.05. The third-order valence-electron chi connectivity index (χ3n) is 2.16. The second-order valence-electron chi connectivity index (χ2n) is 3.67. The number of amides is 1. The Morgan fingerprint density at radius 3 is 3.11 bits per heavy atom. The van der Waals surface area contributed by atoms with Crippen molar-refractivity contribution in [2.45, 2.75) is 31.6 Å². The molecule has 0 aliphatic carbocycles. The van der Waals surface area contributed by atoms with Gasteiger partial charge in [0, 0.05) is 16.9 Å². The summed E-state index contributed by atoms with van der Waals surface area (Å²) in [4.78, 5) is 25.5. The van der Waals surface area contributed by atoms with E-state index in [9.17, 15) is 9.59 Å². The third-order valence-corrected chi connectivity index (χ3v) is 4.19. The molecule has 1 rings (SSSR count). The molecule has 2 N–H and O–H groups in total. The van der Waals surface area contributed by atoms with Gasteiger partial charge in [0.1, 0.15) is 6.04 Å². The Bertz CT molecular complexity index is 395. The number of hydrogen-bond acceptors (Lipinski definition) is 5. The molecule has 7 heteroatoms. The summed E-state index contributed by atoms with van der Waals surface area (Å²) in [6.07, 6.45) is 2.48. The summed E-state index contributed by atoms with van der Waals surface area (Å²) < 4.78 is 0. The van der Waals surface area contributed by atoms with Gasteiger partial charge in [-0.25, -0.2) is 9.78 Å². The number of thiazole rings is 1. The highest BCUT2D eigenvalue weighted by Gasteiger charge is 2.16. The van der Waals surface area contributed by atoms with Crippen molar-refractivity contribution in [2.75, 3.05) is 5.75 Å². The predicted molar refractivity (Wildman–Crippen MR) is 72.9 cm³/mol. The molecule has 0 aliphatic heterocycles. The molecule has 1 atom stereocenters. The molecule has 5 nitrogen and oxygen atoms in total. The van der Waals surface area contributed by atoms with E-state index in [1.54, 1.807) is 11.3 Å². The first-order chi connectivity index (χ1) is 8.67. The molecule has 1 amide bonds. The van der Waals surface area contributed by atoms with E-state index in [0.29, 0.717) is 17.9 Å². The van der Waals surface area contributed by atoms with E-state index in [4.69, 9.17) is 5.11 Å². The Morgan fingerprint density at radius 1 is 1.72 bits per heavy atom. The maximum atomic E-state index is 10.8. The lowest BCUT2D eigenvalue weighted by Crippen LogP contribution is -2.37. The number of aliphatic carboxylic acids is 1. The van der Waals surface area contributed by atoms with Crippen LogP contribution in [0.3, 0.4) is 0 Å². The first-order valence-corrected chi connectivity index (χ1v) is 7.64. The lowest BCUT2D eigenvalue weighted by molar-refractivity contribution is -0.139. The Kier molecular flexibility index (Phi) is 6.74. The number of aromatic nitrogens is 1. The number of nitrogens with one attached hydrogen (secondary N) is 1. The number of rotatable bonds is 9. The Hall–Kier alpha value is -1.08. The van der Waals surface area contributed by atoms with Gasteiger partial charge in [0.25, 0.3) is 0 Å². The monoisotopic (exact) mass is 288 g/mol. The van der Waals surface area contributed by atoms with Gasteiger partial charge in [0.05, 0.1) is 10.7 Å². The van der Waals surface area contributed by atoms with Crippen molar-refractivity contribution in [3.8, 4) is 0 Å². The second-order valence-corrected chi connectivity index (χ2v) is 5.65. The van der Waals surface area contributed by atoms with Crippen LogP contribution >= 0.6 is 23.1 Å². The van der Waals surface area contributed by atoms with Gasteiger partial charge in [-0.15, -0.1) is 11.3 Å². The quantitative estimate of drug-likeness (QED) is 0.674. The molecule has 0 aromatic carbocycles. The van der Waals surface area contributed by atoms with Crippen molar-refractivity contribution < 1.29 is 14.7 Å². The van der Waals surface area contributed by atoms with Crippen LogP contribution in [0.25, 0.3) is 0 Å². The van der Waals surface area contributed by atoms with Crippen molar-refractivity contribution in [3.63, 3.8) is 0 Å². The zero-order valence-electron chi connectivity index (χ0n) is 10.1. The van der Waals surface area contributed by atoms with E-state index in [0.717, 1.165) is 23.5 Å². The van der Waals surface area contributed by atoms with Gasteiger partial charge in [0.15, 0.2) is 0 Å². The van der Waals surface area contributed by atoms with Crippen LogP contribution in [-0.4, -0.2) is 34.3 Å². The van der Waals surface area contributed by atoms with Crippen LogP contribution in [0.4, 0.5) is 0 Å². The van der Waals surface area contributed by atoms with Crippen molar-refractivity contribution >= 4 is 35.5 Å². The Morgan fingerprint density at radius 2 is 2.50 bits per heavy atom. The molecule has 100 valence electrons. The first-order valence-electron chi connectivity index (χ1n) is 5.60. The standard InChI is InChI=1S/C11H16N2O3S2/c1-2-3-10-13-8(5-18-10)4-17-6-9(11(15)16)12-7-14/h5,7,9H,2-4,6H2,1H3,(H,12,14)(H,15,16). The van der Waals surface area contributed by atoms with E-state index < -0.39 is 12.0 Å². The molecule has 18 heavy (non-hydrogen) atoms. The summed E-state index contributed by atoms with van der Waals surface area (Å²) in [5.41, 5.74) is 0.976. The minimum atomic E-state index is -1.01. The van der Waals surface area contributed by atoms with Crippen molar-refractivity contribution in [1.82, 2.24) is 10.3 Å². The number of carboxylic acids is 1. The molecule has 0 saturated heterocycles. The summed E-state index contributed by atoms with van der Waals surface area (Å²) >= 11 is 3.09. The fourth-order valence-electron chi connectivity index (χ4n) is 1.30. The van der Waals surface area contributed by atoms with E-state index in [1.165, 1.54) is 11.8 Å². The number of carboxylic acid groups (broad SMARTS) is 1. The fraction of sp³-hybridized carbons (Fsp3) is 0.545. The minimum absolute atomic E-state index is 0.342. The molecule has 1 unspecified atom stereocenters. The molecule has 0 spiro atoms. The van der Waals surface area contributed by atoms with Crippen LogP contribution in [0, 0.1) is 0 Å². The highest BCUT2D eigenvalue weighted by molar-refractivity contribution is 7.98. The number of aryl methyl sites for hydroxylation is 1. The van der Waals surface area contributed by atoms with Gasteiger partial charge >= 0.3 is 5.97 Å². The molecular formula is C11H16N2O3S2. The highest BCUT2D eigenvalue weighted by Crippen LogP contribution is 2.17. The summed E-state index contributed by atoms with van der Waals surface area (Å²) in [7, 11) is 0. The molecule has 0 fully saturated rings. The maximum absolute atomic E-state index is 10.8. The molecule has 0 aliphatic rings. The Balaban J connectivity index is 2.35.